The van der Waals surface area contributed by atoms with Crippen molar-refractivity contribution in [3.05, 3.63) is 22.8 Å². The van der Waals surface area contributed by atoms with Crippen LogP contribution in [0.4, 0.5) is 4.79 Å². The zero-order valence-corrected chi connectivity index (χ0v) is 11.2. The highest BCUT2D eigenvalue weighted by Gasteiger charge is 2.13. The van der Waals surface area contributed by atoms with E-state index in [1.54, 1.807) is 14.2 Å². The predicted molar refractivity (Wildman–Crippen MR) is 68.8 cm³/mol. The Morgan fingerprint density at radius 2 is 1.94 bits per heavy atom. The first-order valence-corrected chi connectivity index (χ1v) is 5.69. The van der Waals surface area contributed by atoms with E-state index in [0.29, 0.717) is 13.0 Å². The van der Waals surface area contributed by atoms with E-state index >= 15 is 0 Å². The third-order valence-electron chi connectivity index (χ3n) is 2.96. The number of methoxy groups -OCH3 is 2. The number of amides is 1. The van der Waals surface area contributed by atoms with Crippen LogP contribution in [0.5, 0.6) is 11.5 Å². The monoisotopic (exact) mass is 253 g/mol. The lowest BCUT2D eigenvalue weighted by atomic mass is 10.0. The number of rotatable bonds is 5. The molecule has 5 nitrogen and oxygen atoms in total. The second kappa shape index (κ2) is 6.14. The fourth-order valence-electron chi connectivity index (χ4n) is 1.91. The zero-order valence-electron chi connectivity index (χ0n) is 11.2. The van der Waals surface area contributed by atoms with Gasteiger partial charge in [-0.25, -0.2) is 4.79 Å². The Balaban J connectivity index is 3.01. The van der Waals surface area contributed by atoms with Gasteiger partial charge in [0, 0.05) is 6.54 Å². The minimum absolute atomic E-state index is 0.345. The van der Waals surface area contributed by atoms with Crippen molar-refractivity contribution in [1.82, 2.24) is 5.32 Å². The number of ether oxygens (including phenoxy) is 2. The van der Waals surface area contributed by atoms with Crippen LogP contribution in [0.2, 0.25) is 0 Å². The van der Waals surface area contributed by atoms with Crippen molar-refractivity contribution in [2.45, 2.75) is 20.3 Å². The molecule has 0 fully saturated rings. The molecule has 0 radical (unpaired) electrons. The molecule has 0 aliphatic heterocycles. The van der Waals surface area contributed by atoms with Crippen molar-refractivity contribution < 1.29 is 19.4 Å². The van der Waals surface area contributed by atoms with E-state index in [1.165, 1.54) is 0 Å². The van der Waals surface area contributed by atoms with Gasteiger partial charge in [-0.15, -0.1) is 0 Å². The minimum atomic E-state index is -1.02. The molecule has 2 N–H and O–H groups in total. The van der Waals surface area contributed by atoms with Crippen LogP contribution >= 0.6 is 0 Å². The lowest BCUT2D eigenvalue weighted by Crippen LogP contribution is -2.23. The summed E-state index contributed by atoms with van der Waals surface area (Å²) >= 11 is 0. The van der Waals surface area contributed by atoms with Gasteiger partial charge in [0.25, 0.3) is 0 Å². The number of carboxylic acid groups (broad SMARTS) is 1. The summed E-state index contributed by atoms with van der Waals surface area (Å²) in [6.07, 6.45) is -0.461. The quantitative estimate of drug-likeness (QED) is 0.843. The molecule has 0 saturated carbocycles. The van der Waals surface area contributed by atoms with Crippen LogP contribution < -0.4 is 14.8 Å². The van der Waals surface area contributed by atoms with Gasteiger partial charge in [-0.1, -0.05) is 0 Å². The SMILES string of the molecule is COc1cc(CCNC(=O)O)c(OC)c(C)c1C. The third-order valence-corrected chi connectivity index (χ3v) is 2.96. The Labute approximate surface area is 107 Å². The first-order valence-electron chi connectivity index (χ1n) is 5.69. The number of nitrogens with one attached hydrogen (secondary N) is 1. The van der Waals surface area contributed by atoms with Crippen LogP contribution in [0.15, 0.2) is 6.07 Å². The van der Waals surface area contributed by atoms with Gasteiger partial charge >= 0.3 is 6.09 Å². The van der Waals surface area contributed by atoms with Gasteiger partial charge in [0.2, 0.25) is 0 Å². The molecule has 0 spiro atoms. The number of carbonyl (C=O) groups is 1. The molecule has 1 aromatic rings. The molecule has 0 unspecified atom stereocenters. The van der Waals surface area contributed by atoms with E-state index < -0.39 is 6.09 Å². The van der Waals surface area contributed by atoms with Crippen LogP contribution in [0.25, 0.3) is 0 Å². The maximum atomic E-state index is 10.4. The van der Waals surface area contributed by atoms with E-state index in [4.69, 9.17) is 14.6 Å². The summed E-state index contributed by atoms with van der Waals surface area (Å²) in [4.78, 5) is 10.4. The summed E-state index contributed by atoms with van der Waals surface area (Å²) in [6.45, 7) is 4.28. The summed E-state index contributed by atoms with van der Waals surface area (Å²) in [5, 5.41) is 10.9. The van der Waals surface area contributed by atoms with Crippen molar-refractivity contribution in [2.75, 3.05) is 20.8 Å². The van der Waals surface area contributed by atoms with Gasteiger partial charge in [0.15, 0.2) is 0 Å². The van der Waals surface area contributed by atoms with Crippen LogP contribution in [-0.4, -0.2) is 32.0 Å². The molecular formula is C13H19NO4. The van der Waals surface area contributed by atoms with Gasteiger partial charge in [-0.2, -0.15) is 0 Å². The number of benzene rings is 1. The van der Waals surface area contributed by atoms with E-state index in [9.17, 15) is 4.79 Å². The molecule has 0 atom stereocenters. The van der Waals surface area contributed by atoms with E-state index in [0.717, 1.165) is 28.2 Å². The smallest absolute Gasteiger partial charge is 0.404 e. The van der Waals surface area contributed by atoms with E-state index in [2.05, 4.69) is 5.32 Å². The molecule has 18 heavy (non-hydrogen) atoms. The average molecular weight is 253 g/mol. The van der Waals surface area contributed by atoms with Crippen LogP contribution in [0, 0.1) is 13.8 Å². The molecule has 0 bridgehead atoms. The van der Waals surface area contributed by atoms with Crippen LogP contribution in [0.3, 0.4) is 0 Å². The number of hydrogen-bond donors (Lipinski definition) is 2. The first-order chi connectivity index (χ1) is 8.51. The lowest BCUT2D eigenvalue weighted by molar-refractivity contribution is 0.194. The van der Waals surface area contributed by atoms with E-state index in [-0.39, 0.29) is 0 Å². The summed E-state index contributed by atoms with van der Waals surface area (Å²) < 4.78 is 10.7. The average Bonchev–Trinajstić information content (AvgIpc) is 2.33. The molecule has 0 heterocycles. The largest absolute Gasteiger partial charge is 0.496 e. The normalized spacial score (nSPS) is 10.0. The standard InChI is InChI=1S/C13H19NO4/c1-8-9(2)12(18-4)10(7-11(8)17-3)5-6-14-13(15)16/h7,14H,5-6H2,1-4H3,(H,15,16). The second-order valence-electron chi connectivity index (χ2n) is 4.00. The predicted octanol–water partition coefficient (Wildman–Crippen LogP) is 2.13. The minimum Gasteiger partial charge on any atom is -0.496 e. The summed E-state index contributed by atoms with van der Waals surface area (Å²) in [5.74, 6) is 1.58. The Kier molecular flexibility index (Phi) is 4.83. The lowest BCUT2D eigenvalue weighted by Gasteiger charge is -2.16. The summed E-state index contributed by atoms with van der Waals surface area (Å²) in [5.41, 5.74) is 2.98. The molecule has 0 aromatic heterocycles. The van der Waals surface area contributed by atoms with Crippen molar-refractivity contribution >= 4 is 6.09 Å². The van der Waals surface area contributed by atoms with Crippen LogP contribution in [0.1, 0.15) is 16.7 Å². The van der Waals surface area contributed by atoms with Gasteiger partial charge in [-0.05, 0) is 43.0 Å². The first kappa shape index (κ1) is 14.2. The van der Waals surface area contributed by atoms with Gasteiger partial charge in [0.05, 0.1) is 14.2 Å². The molecule has 5 heteroatoms. The Bertz CT molecular complexity index is 443. The fourth-order valence-corrected chi connectivity index (χ4v) is 1.91. The highest BCUT2D eigenvalue weighted by molar-refractivity contribution is 5.64. The molecule has 100 valence electrons. The Morgan fingerprint density at radius 3 is 2.44 bits per heavy atom. The molecule has 0 aliphatic carbocycles. The highest BCUT2D eigenvalue weighted by Crippen LogP contribution is 2.33. The van der Waals surface area contributed by atoms with Gasteiger partial charge in [0.1, 0.15) is 11.5 Å². The van der Waals surface area contributed by atoms with Crippen molar-refractivity contribution in [2.24, 2.45) is 0 Å². The molecule has 1 rings (SSSR count). The maximum absolute atomic E-state index is 10.4. The topological polar surface area (TPSA) is 67.8 Å². The van der Waals surface area contributed by atoms with Gasteiger partial charge < -0.3 is 19.9 Å². The Hall–Kier alpha value is -1.91. The maximum Gasteiger partial charge on any atom is 0.404 e. The van der Waals surface area contributed by atoms with Crippen LogP contribution in [-0.2, 0) is 6.42 Å². The van der Waals surface area contributed by atoms with Crippen molar-refractivity contribution in [3.8, 4) is 11.5 Å². The third kappa shape index (κ3) is 3.06. The van der Waals surface area contributed by atoms with Crippen molar-refractivity contribution in [3.63, 3.8) is 0 Å². The highest BCUT2D eigenvalue weighted by atomic mass is 16.5. The zero-order chi connectivity index (χ0) is 13.7. The molecule has 0 aliphatic rings. The second-order valence-corrected chi connectivity index (χ2v) is 4.00. The van der Waals surface area contributed by atoms with E-state index in [1.807, 2.05) is 19.9 Å². The summed E-state index contributed by atoms with van der Waals surface area (Å²) in [6, 6.07) is 1.89. The Morgan fingerprint density at radius 1 is 1.28 bits per heavy atom. The molecule has 1 aromatic carbocycles. The molecule has 0 saturated heterocycles. The number of hydrogen-bond acceptors (Lipinski definition) is 3. The summed E-state index contributed by atoms with van der Waals surface area (Å²) in [7, 11) is 3.23. The van der Waals surface area contributed by atoms with Gasteiger partial charge in [-0.3, -0.25) is 0 Å². The fraction of sp³-hybridized carbons (Fsp3) is 0.462. The molecule has 1 amide bonds. The molecular weight excluding hydrogens is 234 g/mol. The van der Waals surface area contributed by atoms with Crippen molar-refractivity contribution in [1.29, 1.82) is 0 Å².